The van der Waals surface area contributed by atoms with Crippen molar-refractivity contribution in [3.8, 4) is 0 Å². The van der Waals surface area contributed by atoms with E-state index in [1.807, 2.05) is 0 Å². The molecule has 1 amide bonds. The van der Waals surface area contributed by atoms with Gasteiger partial charge >= 0.3 is 12.1 Å². The van der Waals surface area contributed by atoms with Crippen molar-refractivity contribution >= 4 is 21.9 Å². The third-order valence-corrected chi connectivity index (χ3v) is 7.15. The molecule has 3 aliphatic rings. The number of benzene rings is 1. The van der Waals surface area contributed by atoms with Crippen LogP contribution in [0.4, 0.5) is 13.2 Å². The van der Waals surface area contributed by atoms with Gasteiger partial charge in [-0.1, -0.05) is 12.2 Å². The minimum atomic E-state index is -4.62. The number of nitrogens with zero attached hydrogens (tertiary/aromatic N) is 1. The molecule has 0 saturated carbocycles. The summed E-state index contributed by atoms with van der Waals surface area (Å²) >= 11 is 0. The Morgan fingerprint density at radius 1 is 1.31 bits per heavy atom. The van der Waals surface area contributed by atoms with Gasteiger partial charge in [-0.05, 0) is 31.2 Å². The number of sulfonamides is 1. The second kappa shape index (κ2) is 6.30. The molecule has 1 aromatic carbocycles. The van der Waals surface area contributed by atoms with Crippen LogP contribution >= 0.6 is 0 Å². The predicted octanol–water partition coefficient (Wildman–Crippen LogP) is 1.74. The minimum absolute atomic E-state index is 0.0905. The zero-order chi connectivity index (χ0) is 21.2. The van der Waals surface area contributed by atoms with Crippen molar-refractivity contribution in [2.45, 2.75) is 29.7 Å². The number of amides is 1. The first kappa shape index (κ1) is 19.9. The van der Waals surface area contributed by atoms with E-state index in [1.165, 1.54) is 0 Å². The zero-order valence-electron chi connectivity index (χ0n) is 15.0. The summed E-state index contributed by atoms with van der Waals surface area (Å²) in [6.45, 7) is 1.34. The summed E-state index contributed by atoms with van der Waals surface area (Å²) < 4.78 is 75.4. The monoisotopic (exact) mass is 431 g/mol. The Morgan fingerprint density at radius 3 is 2.55 bits per heavy atom. The lowest BCUT2D eigenvalue weighted by Crippen LogP contribution is -2.40. The quantitative estimate of drug-likeness (QED) is 0.533. The van der Waals surface area contributed by atoms with Crippen LogP contribution in [-0.4, -0.2) is 49.5 Å². The molecule has 11 heteroatoms. The normalized spacial score (nSPS) is 30.7. The molecule has 0 unspecified atom stereocenters. The van der Waals surface area contributed by atoms with E-state index in [0.717, 1.165) is 12.1 Å². The molecular weight excluding hydrogens is 415 g/mol. The number of fused-ring (bicyclic) bond motifs is 1. The summed E-state index contributed by atoms with van der Waals surface area (Å²) in [6, 6.07) is 2.87. The summed E-state index contributed by atoms with van der Waals surface area (Å²) in [6.07, 6.45) is -2.14. The Balaban J connectivity index is 1.66. The van der Waals surface area contributed by atoms with E-state index in [-0.39, 0.29) is 13.2 Å². The van der Waals surface area contributed by atoms with E-state index in [9.17, 15) is 31.2 Å². The average Bonchev–Trinajstić information content (AvgIpc) is 3.30. The average molecular weight is 431 g/mol. The lowest BCUT2D eigenvalue weighted by atomic mass is 9.77. The van der Waals surface area contributed by atoms with Crippen LogP contribution in [-0.2, 0) is 35.3 Å². The predicted molar refractivity (Wildman–Crippen MR) is 90.7 cm³/mol. The number of hydrogen-bond acceptors (Lipinski definition) is 6. The number of carbonyl (C=O) groups is 2. The first-order chi connectivity index (χ1) is 13.5. The molecule has 4 atom stereocenters. The molecule has 1 spiro atoms. The maximum atomic E-state index is 13.0. The van der Waals surface area contributed by atoms with Gasteiger partial charge in [-0.15, -0.1) is 0 Å². The molecule has 0 N–H and O–H groups in total. The maximum Gasteiger partial charge on any atom is 0.416 e. The van der Waals surface area contributed by atoms with Crippen molar-refractivity contribution in [2.75, 3.05) is 13.2 Å². The highest BCUT2D eigenvalue weighted by molar-refractivity contribution is 7.89. The third kappa shape index (κ3) is 2.86. The fourth-order valence-electron chi connectivity index (χ4n) is 4.12. The van der Waals surface area contributed by atoms with Gasteiger partial charge in [-0.25, -0.2) is 12.7 Å². The molecule has 156 valence electrons. The van der Waals surface area contributed by atoms with Gasteiger partial charge in [0.1, 0.15) is 11.5 Å². The molecule has 0 radical (unpaired) electrons. The van der Waals surface area contributed by atoms with E-state index >= 15 is 0 Å². The third-order valence-electron chi connectivity index (χ3n) is 5.39. The Labute approximate surface area is 164 Å². The highest BCUT2D eigenvalue weighted by atomic mass is 32.2. The van der Waals surface area contributed by atoms with Crippen molar-refractivity contribution in [2.24, 2.45) is 11.8 Å². The van der Waals surface area contributed by atoms with Crippen LogP contribution in [0, 0.1) is 11.8 Å². The van der Waals surface area contributed by atoms with Crippen LogP contribution in [0.25, 0.3) is 0 Å². The largest absolute Gasteiger partial charge is 0.466 e. The molecular formula is C18H16F3NO6S. The molecule has 29 heavy (non-hydrogen) atoms. The summed E-state index contributed by atoms with van der Waals surface area (Å²) in [5.74, 6) is -3.54. The molecule has 4 rings (SSSR count). The van der Waals surface area contributed by atoms with Crippen molar-refractivity contribution < 1.29 is 40.7 Å². The van der Waals surface area contributed by atoms with Gasteiger partial charge in [0.05, 0.1) is 35.6 Å². The molecule has 3 aliphatic heterocycles. The molecule has 0 aliphatic carbocycles. The van der Waals surface area contributed by atoms with Crippen molar-refractivity contribution in [3.05, 3.63) is 42.0 Å². The summed E-state index contributed by atoms with van der Waals surface area (Å²) in [5.41, 5.74) is -2.29. The molecule has 1 aromatic rings. The van der Waals surface area contributed by atoms with Crippen LogP contribution in [0.5, 0.6) is 0 Å². The Kier molecular flexibility index (Phi) is 4.32. The molecule has 2 bridgehead atoms. The van der Waals surface area contributed by atoms with Crippen molar-refractivity contribution in [3.63, 3.8) is 0 Å². The fraction of sp³-hybridized carbons (Fsp3) is 0.444. The van der Waals surface area contributed by atoms with Gasteiger partial charge in [0.15, 0.2) is 0 Å². The highest BCUT2D eigenvalue weighted by Crippen LogP contribution is 2.53. The summed E-state index contributed by atoms with van der Waals surface area (Å²) in [7, 11) is -4.43. The number of ether oxygens (including phenoxy) is 2. The standard InChI is InChI=1S/C18H16F3NO6S/c1-2-27-16(24)13-12-7-8-17(28-12)9-22(15(23)14(13)17)29(25,26)11-5-3-10(4-6-11)18(19,20)21/h3-8,12-14H,2,9H2,1H3/t12-,13+,14+,17-/m1/s1. The molecule has 0 aromatic heterocycles. The van der Waals surface area contributed by atoms with Gasteiger partial charge in [-0.2, -0.15) is 13.2 Å². The van der Waals surface area contributed by atoms with Gasteiger partial charge in [0, 0.05) is 0 Å². The fourth-order valence-corrected chi connectivity index (χ4v) is 5.57. The molecule has 7 nitrogen and oxygen atoms in total. The highest BCUT2D eigenvalue weighted by Gasteiger charge is 2.69. The lowest BCUT2D eigenvalue weighted by molar-refractivity contribution is -0.152. The van der Waals surface area contributed by atoms with E-state index in [2.05, 4.69) is 0 Å². The first-order valence-electron chi connectivity index (χ1n) is 8.79. The Morgan fingerprint density at radius 2 is 1.97 bits per heavy atom. The van der Waals surface area contributed by atoms with Crippen LogP contribution in [0.15, 0.2) is 41.3 Å². The van der Waals surface area contributed by atoms with Gasteiger partial charge in [0.25, 0.3) is 10.0 Å². The van der Waals surface area contributed by atoms with E-state index in [1.54, 1.807) is 19.1 Å². The Bertz CT molecular complexity index is 1000. The van der Waals surface area contributed by atoms with Gasteiger partial charge in [-0.3, -0.25) is 9.59 Å². The van der Waals surface area contributed by atoms with Crippen molar-refractivity contribution in [1.82, 2.24) is 4.31 Å². The number of rotatable bonds is 4. The molecule has 3 heterocycles. The summed E-state index contributed by atoms with van der Waals surface area (Å²) in [4.78, 5) is 24.8. The second-order valence-electron chi connectivity index (χ2n) is 7.02. The van der Waals surface area contributed by atoms with Gasteiger partial charge < -0.3 is 9.47 Å². The first-order valence-corrected chi connectivity index (χ1v) is 10.2. The number of esters is 1. The topological polar surface area (TPSA) is 90.0 Å². The van der Waals surface area contributed by atoms with Crippen molar-refractivity contribution in [1.29, 1.82) is 0 Å². The lowest BCUT2D eigenvalue weighted by Gasteiger charge is -2.22. The van der Waals surface area contributed by atoms with Crippen LogP contribution < -0.4 is 0 Å². The van der Waals surface area contributed by atoms with E-state index in [4.69, 9.17) is 9.47 Å². The van der Waals surface area contributed by atoms with E-state index < -0.39 is 62.1 Å². The SMILES string of the molecule is CCOC(=O)[C@@H]1[C@H]2C(=O)N(S(=O)(=O)c3ccc(C(F)(F)F)cc3)C[C@]23C=C[C@H]1O3. The number of alkyl halides is 3. The second-order valence-corrected chi connectivity index (χ2v) is 8.89. The Hall–Kier alpha value is -2.40. The minimum Gasteiger partial charge on any atom is -0.466 e. The van der Waals surface area contributed by atoms with Crippen LogP contribution in [0.2, 0.25) is 0 Å². The number of halogens is 3. The molecule has 2 saturated heterocycles. The van der Waals surface area contributed by atoms with Crippen LogP contribution in [0.3, 0.4) is 0 Å². The maximum absolute atomic E-state index is 13.0. The number of carbonyl (C=O) groups excluding carboxylic acids is 2. The van der Waals surface area contributed by atoms with Crippen LogP contribution in [0.1, 0.15) is 12.5 Å². The van der Waals surface area contributed by atoms with Gasteiger partial charge in [0.2, 0.25) is 5.91 Å². The zero-order valence-corrected chi connectivity index (χ0v) is 15.9. The van der Waals surface area contributed by atoms with E-state index in [0.29, 0.717) is 16.4 Å². The summed E-state index contributed by atoms with van der Waals surface area (Å²) in [5, 5.41) is 0. The number of hydrogen-bond donors (Lipinski definition) is 0. The molecule has 2 fully saturated rings. The smallest absolute Gasteiger partial charge is 0.416 e.